The SMILES string of the molecule is Cc1cc(I)c(C)nc1CI. The largest absolute Gasteiger partial charge is 0.256 e. The highest BCUT2D eigenvalue weighted by Crippen LogP contribution is 2.15. The summed E-state index contributed by atoms with van der Waals surface area (Å²) in [5.41, 5.74) is 3.65. The van der Waals surface area contributed by atoms with E-state index < -0.39 is 0 Å². The first-order valence-corrected chi connectivity index (χ1v) is 5.94. The molecule has 1 nitrogen and oxygen atoms in total. The van der Waals surface area contributed by atoms with E-state index in [2.05, 4.69) is 70.1 Å². The topological polar surface area (TPSA) is 12.9 Å². The number of hydrogen-bond acceptors (Lipinski definition) is 1. The summed E-state index contributed by atoms with van der Waals surface area (Å²) in [5, 5.41) is 0. The zero-order valence-electron chi connectivity index (χ0n) is 6.49. The number of hydrogen-bond donors (Lipinski definition) is 0. The van der Waals surface area contributed by atoms with E-state index in [0.29, 0.717) is 0 Å². The number of rotatable bonds is 1. The first-order valence-electron chi connectivity index (χ1n) is 3.33. The van der Waals surface area contributed by atoms with Crippen LogP contribution >= 0.6 is 45.2 Å². The fourth-order valence-corrected chi connectivity index (χ4v) is 2.22. The van der Waals surface area contributed by atoms with Crippen LogP contribution in [0.15, 0.2) is 6.07 Å². The smallest absolute Gasteiger partial charge is 0.0534 e. The van der Waals surface area contributed by atoms with Crippen molar-refractivity contribution < 1.29 is 0 Å². The lowest BCUT2D eigenvalue weighted by atomic mass is 10.2. The Kier molecular flexibility index (Phi) is 3.54. The zero-order chi connectivity index (χ0) is 8.43. The van der Waals surface area contributed by atoms with Crippen molar-refractivity contribution in [2.75, 3.05) is 0 Å². The van der Waals surface area contributed by atoms with Gasteiger partial charge in [0.2, 0.25) is 0 Å². The van der Waals surface area contributed by atoms with E-state index >= 15 is 0 Å². The maximum absolute atomic E-state index is 4.48. The number of halogens is 2. The lowest BCUT2D eigenvalue weighted by molar-refractivity contribution is 1.07. The molecule has 0 bridgehead atoms. The van der Waals surface area contributed by atoms with Crippen molar-refractivity contribution >= 4 is 45.2 Å². The molecular formula is C8H9I2N. The number of alkyl halides is 1. The molecule has 1 aromatic rings. The van der Waals surface area contributed by atoms with Crippen LogP contribution < -0.4 is 0 Å². The van der Waals surface area contributed by atoms with Crippen molar-refractivity contribution in [3.63, 3.8) is 0 Å². The van der Waals surface area contributed by atoms with Gasteiger partial charge in [-0.25, -0.2) is 0 Å². The Morgan fingerprint density at radius 3 is 2.64 bits per heavy atom. The average molecular weight is 373 g/mol. The highest BCUT2D eigenvalue weighted by Gasteiger charge is 2.01. The molecule has 60 valence electrons. The van der Waals surface area contributed by atoms with Crippen LogP contribution in [0.4, 0.5) is 0 Å². The second-order valence-corrected chi connectivity index (χ2v) is 4.38. The summed E-state index contributed by atoms with van der Waals surface area (Å²) >= 11 is 4.66. The minimum atomic E-state index is 1.00. The molecule has 0 atom stereocenters. The van der Waals surface area contributed by atoms with Gasteiger partial charge in [0.1, 0.15) is 0 Å². The maximum atomic E-state index is 4.48. The number of aromatic nitrogens is 1. The third-order valence-corrected chi connectivity index (χ3v) is 3.39. The van der Waals surface area contributed by atoms with Gasteiger partial charge in [-0.05, 0) is 48.1 Å². The predicted molar refractivity (Wildman–Crippen MR) is 64.2 cm³/mol. The van der Waals surface area contributed by atoms with Gasteiger partial charge >= 0.3 is 0 Å². The highest BCUT2D eigenvalue weighted by molar-refractivity contribution is 14.1. The van der Waals surface area contributed by atoms with Crippen molar-refractivity contribution in [3.8, 4) is 0 Å². The fourth-order valence-electron chi connectivity index (χ4n) is 0.857. The quantitative estimate of drug-likeness (QED) is 0.544. The number of aryl methyl sites for hydroxylation is 2. The standard InChI is InChI=1S/C8H9I2N/c1-5-3-7(10)6(2)11-8(5)4-9/h3H,4H2,1-2H3. The van der Waals surface area contributed by atoms with Crippen molar-refractivity contribution in [2.45, 2.75) is 18.3 Å². The van der Waals surface area contributed by atoms with Gasteiger partial charge in [-0.1, -0.05) is 22.6 Å². The molecular weight excluding hydrogens is 364 g/mol. The summed E-state index contributed by atoms with van der Waals surface area (Å²) in [6, 6.07) is 2.19. The summed E-state index contributed by atoms with van der Waals surface area (Å²) in [5.74, 6) is 0. The van der Waals surface area contributed by atoms with Crippen molar-refractivity contribution in [2.24, 2.45) is 0 Å². The van der Waals surface area contributed by atoms with E-state index in [9.17, 15) is 0 Å². The number of pyridine rings is 1. The second kappa shape index (κ2) is 4.02. The molecule has 0 N–H and O–H groups in total. The lowest BCUT2D eigenvalue weighted by Gasteiger charge is -2.04. The third kappa shape index (κ3) is 2.27. The summed E-state index contributed by atoms with van der Waals surface area (Å²) in [7, 11) is 0. The Morgan fingerprint density at radius 2 is 2.09 bits per heavy atom. The Bertz CT molecular complexity index is 271. The van der Waals surface area contributed by atoms with E-state index in [0.717, 1.165) is 10.1 Å². The van der Waals surface area contributed by atoms with Crippen LogP contribution in [0.25, 0.3) is 0 Å². The Balaban J connectivity index is 3.21. The van der Waals surface area contributed by atoms with Gasteiger partial charge in [-0.2, -0.15) is 0 Å². The molecule has 0 saturated heterocycles. The van der Waals surface area contributed by atoms with Crippen LogP contribution in [0.1, 0.15) is 17.0 Å². The molecule has 0 aliphatic heterocycles. The summed E-state index contributed by atoms with van der Waals surface area (Å²) < 4.78 is 2.26. The van der Waals surface area contributed by atoms with Crippen molar-refractivity contribution in [1.82, 2.24) is 4.98 Å². The molecule has 0 aromatic carbocycles. The molecule has 0 amide bonds. The van der Waals surface area contributed by atoms with Crippen LogP contribution in [0.5, 0.6) is 0 Å². The van der Waals surface area contributed by atoms with Crippen LogP contribution in [0.2, 0.25) is 0 Å². The van der Waals surface area contributed by atoms with Crippen LogP contribution in [0.3, 0.4) is 0 Å². The van der Waals surface area contributed by atoms with Crippen LogP contribution in [-0.2, 0) is 4.43 Å². The first-order chi connectivity index (χ1) is 5.15. The summed E-state index contributed by atoms with van der Waals surface area (Å²) in [6.45, 7) is 4.17. The predicted octanol–water partition coefficient (Wildman–Crippen LogP) is 3.24. The van der Waals surface area contributed by atoms with Gasteiger partial charge in [0, 0.05) is 8.00 Å². The summed E-state index contributed by atoms with van der Waals surface area (Å²) in [4.78, 5) is 4.48. The van der Waals surface area contributed by atoms with E-state index in [1.54, 1.807) is 0 Å². The molecule has 0 spiro atoms. The second-order valence-electron chi connectivity index (χ2n) is 2.45. The molecule has 11 heavy (non-hydrogen) atoms. The molecule has 0 unspecified atom stereocenters. The number of nitrogens with zero attached hydrogens (tertiary/aromatic N) is 1. The molecule has 1 rings (SSSR count). The van der Waals surface area contributed by atoms with E-state index in [1.807, 2.05) is 0 Å². The monoisotopic (exact) mass is 373 g/mol. The minimum absolute atomic E-state index is 1.00. The molecule has 1 heterocycles. The maximum Gasteiger partial charge on any atom is 0.0534 e. The van der Waals surface area contributed by atoms with E-state index in [1.165, 1.54) is 14.8 Å². The van der Waals surface area contributed by atoms with Crippen LogP contribution in [-0.4, -0.2) is 4.98 Å². The van der Waals surface area contributed by atoms with Gasteiger partial charge in [-0.3, -0.25) is 4.98 Å². The minimum Gasteiger partial charge on any atom is -0.256 e. The van der Waals surface area contributed by atoms with Crippen LogP contribution in [0, 0.1) is 17.4 Å². The van der Waals surface area contributed by atoms with Gasteiger partial charge in [0.05, 0.1) is 11.4 Å². The zero-order valence-corrected chi connectivity index (χ0v) is 10.8. The van der Waals surface area contributed by atoms with Gasteiger partial charge in [0.25, 0.3) is 0 Å². The van der Waals surface area contributed by atoms with Gasteiger partial charge in [0.15, 0.2) is 0 Å². The molecule has 1 aromatic heterocycles. The molecule has 3 heteroatoms. The third-order valence-electron chi connectivity index (χ3n) is 1.57. The van der Waals surface area contributed by atoms with Gasteiger partial charge in [-0.15, -0.1) is 0 Å². The normalized spacial score (nSPS) is 10.2. The Morgan fingerprint density at radius 1 is 1.45 bits per heavy atom. The molecule has 0 radical (unpaired) electrons. The highest BCUT2D eigenvalue weighted by atomic mass is 127. The summed E-state index contributed by atoms with van der Waals surface area (Å²) in [6.07, 6.45) is 0. The van der Waals surface area contributed by atoms with Gasteiger partial charge < -0.3 is 0 Å². The van der Waals surface area contributed by atoms with E-state index in [-0.39, 0.29) is 0 Å². The average Bonchev–Trinajstić information content (AvgIpc) is 1.97. The Labute approximate surface area is 94.3 Å². The first kappa shape index (κ1) is 9.70. The molecule has 0 saturated carbocycles. The van der Waals surface area contributed by atoms with Crippen molar-refractivity contribution in [1.29, 1.82) is 0 Å². The lowest BCUT2D eigenvalue weighted by Crippen LogP contribution is -1.95. The molecule has 0 aliphatic carbocycles. The molecule has 0 fully saturated rings. The fraction of sp³-hybridized carbons (Fsp3) is 0.375. The van der Waals surface area contributed by atoms with Crippen molar-refractivity contribution in [3.05, 3.63) is 26.6 Å². The Hall–Kier alpha value is 0.610. The molecule has 0 aliphatic rings. The van der Waals surface area contributed by atoms with E-state index in [4.69, 9.17) is 0 Å².